The highest BCUT2D eigenvalue weighted by atomic mass is 32.1. The Balaban J connectivity index is 1.79. The average Bonchev–Trinajstić information content (AvgIpc) is 2.93. The van der Waals surface area contributed by atoms with Crippen molar-refractivity contribution in [1.82, 2.24) is 9.36 Å². The van der Waals surface area contributed by atoms with Gasteiger partial charge in [0.2, 0.25) is 5.13 Å². The molecule has 3 rings (SSSR count). The minimum atomic E-state index is 0.466. The molecule has 1 atom stereocenters. The summed E-state index contributed by atoms with van der Waals surface area (Å²) in [4.78, 5) is 7.01. The Labute approximate surface area is 123 Å². The minimum absolute atomic E-state index is 0.466. The topological polar surface area (TPSA) is 38.2 Å². The van der Waals surface area contributed by atoms with Gasteiger partial charge in [-0.05, 0) is 24.5 Å². The van der Waals surface area contributed by atoms with E-state index in [-0.39, 0.29) is 0 Å². The van der Waals surface area contributed by atoms with Crippen LogP contribution in [-0.4, -0.2) is 29.1 Å². The zero-order valence-electron chi connectivity index (χ0n) is 11.9. The highest BCUT2D eigenvalue weighted by molar-refractivity contribution is 7.09. The molecule has 0 bridgehead atoms. The van der Waals surface area contributed by atoms with E-state index in [1.54, 1.807) is 7.11 Å². The number of fused-ring (bicyclic) bond motifs is 1. The lowest BCUT2D eigenvalue weighted by Crippen LogP contribution is -2.38. The van der Waals surface area contributed by atoms with Crippen molar-refractivity contribution in [2.24, 2.45) is 0 Å². The van der Waals surface area contributed by atoms with Crippen LogP contribution in [-0.2, 0) is 24.1 Å². The molecule has 0 saturated heterocycles. The van der Waals surface area contributed by atoms with Gasteiger partial charge in [0.15, 0.2) is 0 Å². The summed E-state index contributed by atoms with van der Waals surface area (Å²) in [5.41, 5.74) is 2.86. The fourth-order valence-corrected chi connectivity index (χ4v) is 3.41. The molecular formula is C15H19N3OS. The van der Waals surface area contributed by atoms with E-state index in [0.717, 1.165) is 30.3 Å². The molecule has 106 valence electrons. The summed E-state index contributed by atoms with van der Waals surface area (Å²) in [7, 11) is 1.71. The van der Waals surface area contributed by atoms with Gasteiger partial charge in [0.05, 0.1) is 6.61 Å². The number of benzene rings is 1. The first-order chi connectivity index (χ1) is 9.78. The highest BCUT2D eigenvalue weighted by Gasteiger charge is 2.25. The van der Waals surface area contributed by atoms with Gasteiger partial charge >= 0.3 is 0 Å². The molecule has 0 radical (unpaired) electrons. The van der Waals surface area contributed by atoms with Gasteiger partial charge in [-0.2, -0.15) is 4.37 Å². The zero-order chi connectivity index (χ0) is 13.9. The summed E-state index contributed by atoms with van der Waals surface area (Å²) >= 11 is 1.49. The van der Waals surface area contributed by atoms with E-state index in [4.69, 9.17) is 4.74 Å². The van der Waals surface area contributed by atoms with Gasteiger partial charge in [-0.25, -0.2) is 4.98 Å². The predicted molar refractivity (Wildman–Crippen MR) is 81.3 cm³/mol. The molecule has 1 aromatic heterocycles. The highest BCUT2D eigenvalue weighted by Crippen LogP contribution is 2.29. The first-order valence-electron chi connectivity index (χ1n) is 6.93. The number of anilines is 1. The lowest BCUT2D eigenvalue weighted by molar-refractivity contribution is 0.201. The van der Waals surface area contributed by atoms with Crippen molar-refractivity contribution < 1.29 is 4.74 Å². The summed E-state index contributed by atoms with van der Waals surface area (Å²) < 4.78 is 9.51. The van der Waals surface area contributed by atoms with E-state index in [2.05, 4.69) is 45.4 Å². The van der Waals surface area contributed by atoms with E-state index >= 15 is 0 Å². The van der Waals surface area contributed by atoms with E-state index in [0.29, 0.717) is 12.6 Å². The van der Waals surface area contributed by atoms with Crippen LogP contribution in [0.25, 0.3) is 0 Å². The molecule has 0 aliphatic carbocycles. The van der Waals surface area contributed by atoms with Crippen molar-refractivity contribution in [3.8, 4) is 0 Å². The second-order valence-electron chi connectivity index (χ2n) is 5.19. The van der Waals surface area contributed by atoms with E-state index in [1.165, 1.54) is 22.7 Å². The predicted octanol–water partition coefficient (Wildman–Crippen LogP) is 2.68. The van der Waals surface area contributed by atoms with Crippen molar-refractivity contribution >= 4 is 16.7 Å². The van der Waals surface area contributed by atoms with Gasteiger partial charge < -0.3 is 9.64 Å². The summed E-state index contributed by atoms with van der Waals surface area (Å²) in [5.74, 6) is 0.887. The van der Waals surface area contributed by atoms with Crippen LogP contribution in [0.3, 0.4) is 0 Å². The van der Waals surface area contributed by atoms with Crippen LogP contribution in [0.1, 0.15) is 23.9 Å². The number of nitrogens with zero attached hydrogens (tertiary/aromatic N) is 3. The molecule has 0 amide bonds. The first kappa shape index (κ1) is 13.5. The molecule has 0 fully saturated rings. The van der Waals surface area contributed by atoms with Gasteiger partial charge in [0, 0.05) is 37.6 Å². The number of aromatic nitrogens is 2. The summed E-state index contributed by atoms with van der Waals surface area (Å²) in [5, 5.41) is 1.03. The van der Waals surface area contributed by atoms with Gasteiger partial charge in [-0.15, -0.1) is 0 Å². The van der Waals surface area contributed by atoms with Gasteiger partial charge in [-0.1, -0.05) is 24.3 Å². The molecule has 0 N–H and O–H groups in total. The SMILES string of the molecule is COCCc1nsc(N2Cc3ccccc3CC2C)n1. The molecule has 5 heteroatoms. The molecule has 0 saturated carbocycles. The Bertz CT molecular complexity index is 584. The van der Waals surface area contributed by atoms with Crippen molar-refractivity contribution in [3.05, 3.63) is 41.2 Å². The van der Waals surface area contributed by atoms with Crippen LogP contribution < -0.4 is 4.90 Å². The fourth-order valence-electron chi connectivity index (χ4n) is 2.59. The molecule has 2 heterocycles. The van der Waals surface area contributed by atoms with E-state index in [9.17, 15) is 0 Å². The maximum Gasteiger partial charge on any atom is 0.205 e. The van der Waals surface area contributed by atoms with Crippen LogP contribution in [0.5, 0.6) is 0 Å². The third-order valence-corrected chi connectivity index (χ3v) is 4.53. The molecule has 20 heavy (non-hydrogen) atoms. The number of methoxy groups -OCH3 is 1. The van der Waals surface area contributed by atoms with E-state index in [1.807, 2.05) is 0 Å². The normalized spacial score (nSPS) is 18.1. The number of hydrogen-bond acceptors (Lipinski definition) is 5. The Morgan fingerprint density at radius 3 is 2.95 bits per heavy atom. The maximum absolute atomic E-state index is 5.08. The Kier molecular flexibility index (Phi) is 3.98. The summed E-state index contributed by atoms with van der Waals surface area (Å²) in [6, 6.07) is 9.13. The Hall–Kier alpha value is -1.46. The lowest BCUT2D eigenvalue weighted by atomic mass is 9.95. The zero-order valence-corrected chi connectivity index (χ0v) is 12.7. The van der Waals surface area contributed by atoms with Crippen molar-refractivity contribution in [3.63, 3.8) is 0 Å². The second kappa shape index (κ2) is 5.89. The van der Waals surface area contributed by atoms with Crippen LogP contribution >= 0.6 is 11.5 Å². The van der Waals surface area contributed by atoms with Crippen molar-refractivity contribution in [2.45, 2.75) is 32.4 Å². The van der Waals surface area contributed by atoms with Crippen LogP contribution in [0.2, 0.25) is 0 Å². The molecule has 2 aromatic rings. The molecule has 1 aromatic carbocycles. The largest absolute Gasteiger partial charge is 0.384 e. The minimum Gasteiger partial charge on any atom is -0.384 e. The summed E-state index contributed by atoms with van der Waals surface area (Å²) in [6.45, 7) is 3.86. The maximum atomic E-state index is 5.08. The molecule has 1 unspecified atom stereocenters. The van der Waals surface area contributed by atoms with Crippen molar-refractivity contribution in [1.29, 1.82) is 0 Å². The van der Waals surface area contributed by atoms with Gasteiger partial charge in [0.25, 0.3) is 0 Å². The van der Waals surface area contributed by atoms with Crippen molar-refractivity contribution in [2.75, 3.05) is 18.6 Å². The average molecular weight is 289 g/mol. The van der Waals surface area contributed by atoms with E-state index < -0.39 is 0 Å². The van der Waals surface area contributed by atoms with Crippen LogP contribution in [0, 0.1) is 0 Å². The molecule has 4 nitrogen and oxygen atoms in total. The number of ether oxygens (including phenoxy) is 1. The monoisotopic (exact) mass is 289 g/mol. The van der Waals surface area contributed by atoms with Crippen LogP contribution in [0.15, 0.2) is 24.3 Å². The molecule has 0 spiro atoms. The lowest BCUT2D eigenvalue weighted by Gasteiger charge is -2.34. The standard InChI is InChI=1S/C15H19N3OS/c1-11-9-12-5-3-4-6-13(12)10-18(11)15-16-14(17-20-15)7-8-19-2/h3-6,11H,7-10H2,1-2H3. The Morgan fingerprint density at radius 1 is 1.35 bits per heavy atom. The third-order valence-electron chi connectivity index (χ3n) is 3.74. The fraction of sp³-hybridized carbons (Fsp3) is 0.467. The Morgan fingerprint density at radius 2 is 2.15 bits per heavy atom. The number of hydrogen-bond donors (Lipinski definition) is 0. The summed E-state index contributed by atoms with van der Waals surface area (Å²) in [6.07, 6.45) is 1.86. The van der Waals surface area contributed by atoms with Gasteiger partial charge in [0.1, 0.15) is 5.82 Å². The number of rotatable bonds is 4. The smallest absolute Gasteiger partial charge is 0.205 e. The molecule has 1 aliphatic rings. The molecular weight excluding hydrogens is 270 g/mol. The molecule has 1 aliphatic heterocycles. The van der Waals surface area contributed by atoms with Crippen LogP contribution in [0.4, 0.5) is 5.13 Å². The third kappa shape index (κ3) is 2.69. The first-order valence-corrected chi connectivity index (χ1v) is 7.70. The quantitative estimate of drug-likeness (QED) is 0.867. The van der Waals surface area contributed by atoms with Gasteiger partial charge in [-0.3, -0.25) is 0 Å². The second-order valence-corrected chi connectivity index (χ2v) is 5.92.